The molecule has 2 aromatic carbocycles. The van der Waals surface area contributed by atoms with Crippen molar-refractivity contribution in [2.75, 3.05) is 0 Å². The average Bonchev–Trinajstić information content (AvgIpc) is 2.90. The molecule has 5 rings (SSSR count). The minimum atomic E-state index is 0. The van der Waals surface area contributed by atoms with E-state index in [1.165, 1.54) is 41.5 Å². The Morgan fingerprint density at radius 1 is 0.739 bits per heavy atom. The quantitative estimate of drug-likeness (QED) is 0.565. The summed E-state index contributed by atoms with van der Waals surface area (Å²) >= 11 is 1.62. The van der Waals surface area contributed by atoms with Crippen molar-refractivity contribution >= 4 is 0 Å². The van der Waals surface area contributed by atoms with E-state index in [0.717, 1.165) is 0 Å². The molecule has 0 unspecified atom stereocenters. The molecule has 1 saturated carbocycles. The van der Waals surface area contributed by atoms with Gasteiger partial charge in [-0.1, -0.05) is 0 Å². The number of hydrogen-bond acceptors (Lipinski definition) is 0. The molecule has 2 aromatic rings. The average molecular weight is 417 g/mol. The molecule has 0 saturated heterocycles. The van der Waals surface area contributed by atoms with E-state index in [0.29, 0.717) is 5.92 Å². The van der Waals surface area contributed by atoms with Crippen LogP contribution in [0.5, 0.6) is 0 Å². The van der Waals surface area contributed by atoms with E-state index >= 15 is 0 Å². The molecular weight excluding hydrogens is 402 g/mol. The van der Waals surface area contributed by atoms with Crippen LogP contribution in [0.3, 0.4) is 0 Å². The fourth-order valence-corrected chi connectivity index (χ4v) is 5.42. The van der Waals surface area contributed by atoms with Crippen molar-refractivity contribution in [2.24, 2.45) is 0 Å². The topological polar surface area (TPSA) is 0 Å². The van der Waals surface area contributed by atoms with Gasteiger partial charge in [0.1, 0.15) is 0 Å². The van der Waals surface area contributed by atoms with Gasteiger partial charge in [0.05, 0.1) is 0 Å². The van der Waals surface area contributed by atoms with Gasteiger partial charge in [-0.3, -0.25) is 0 Å². The molecule has 23 heavy (non-hydrogen) atoms. The van der Waals surface area contributed by atoms with Crippen LogP contribution in [-0.2, 0) is 24.7 Å². The first kappa shape index (κ1) is 17.2. The molecule has 0 aliphatic heterocycles. The molecule has 3 aliphatic carbocycles. The molecule has 3 heteroatoms. The standard InChI is InChI=1S/C20H15.2ClH.Zr/c1-3-7-17-15(5-1)16-6-2-4-8-18(16)20(17)19-12-10-13-9-11-14(13)19;;;/h1-8,20H,9,11-12H2;2*1H;/q;;;+2/p-2. The Hall–Kier alpha value is -0.617. The first-order valence-electron chi connectivity index (χ1n) is 7.68. The van der Waals surface area contributed by atoms with E-state index in [-0.39, 0.29) is 24.8 Å². The summed E-state index contributed by atoms with van der Waals surface area (Å²) in [5, 5.41) is 0. The van der Waals surface area contributed by atoms with Crippen molar-refractivity contribution < 1.29 is 49.5 Å². The normalized spacial score (nSPS) is 17.8. The van der Waals surface area contributed by atoms with Gasteiger partial charge < -0.3 is 24.8 Å². The first-order valence-corrected chi connectivity index (χ1v) is 8.91. The Kier molecular flexibility index (Phi) is 4.76. The van der Waals surface area contributed by atoms with Crippen LogP contribution in [0.25, 0.3) is 11.1 Å². The molecule has 0 spiro atoms. The molecule has 3 aliphatic rings. The van der Waals surface area contributed by atoms with E-state index in [1.807, 2.05) is 0 Å². The van der Waals surface area contributed by atoms with Gasteiger partial charge in [0.2, 0.25) is 0 Å². The second kappa shape index (κ2) is 6.36. The summed E-state index contributed by atoms with van der Waals surface area (Å²) in [6.45, 7) is 0. The third-order valence-corrected chi connectivity index (χ3v) is 6.47. The molecular formula is C20H15Cl2Zr. The number of benzene rings is 2. The molecule has 0 nitrogen and oxygen atoms in total. The van der Waals surface area contributed by atoms with Gasteiger partial charge in [-0.05, 0) is 0 Å². The number of allylic oxidation sites excluding steroid dienone is 4. The van der Waals surface area contributed by atoms with Crippen molar-refractivity contribution in [1.29, 1.82) is 0 Å². The summed E-state index contributed by atoms with van der Waals surface area (Å²) in [5.74, 6) is 0.515. The van der Waals surface area contributed by atoms with Crippen molar-refractivity contribution in [1.82, 2.24) is 0 Å². The summed E-state index contributed by atoms with van der Waals surface area (Å²) in [7, 11) is 0. The van der Waals surface area contributed by atoms with Crippen LogP contribution in [0, 0.1) is 0 Å². The zero-order chi connectivity index (χ0) is 14.0. The first-order chi connectivity index (χ1) is 10.3. The Labute approximate surface area is 164 Å². The minimum absolute atomic E-state index is 0. The maximum absolute atomic E-state index is 2.34. The molecule has 0 radical (unpaired) electrons. The fraction of sp³-hybridized carbons (Fsp3) is 0.200. The van der Waals surface area contributed by atoms with Crippen LogP contribution in [0.2, 0.25) is 0 Å². The SMILES string of the molecule is [Cl-].[Cl-].[Zr+2][C]1=C2CCC2=C(C2c3ccccc3-c3ccccc32)C1. The van der Waals surface area contributed by atoms with Gasteiger partial charge in [0.15, 0.2) is 0 Å². The van der Waals surface area contributed by atoms with Crippen molar-refractivity contribution in [3.8, 4) is 11.1 Å². The summed E-state index contributed by atoms with van der Waals surface area (Å²) in [4.78, 5) is 0. The van der Waals surface area contributed by atoms with Gasteiger partial charge in [-0.2, -0.15) is 0 Å². The maximum atomic E-state index is 2.34. The van der Waals surface area contributed by atoms with Gasteiger partial charge in [-0.15, -0.1) is 0 Å². The van der Waals surface area contributed by atoms with E-state index in [1.54, 1.807) is 44.7 Å². The van der Waals surface area contributed by atoms with Crippen molar-refractivity contribution in [3.63, 3.8) is 0 Å². The van der Waals surface area contributed by atoms with Crippen LogP contribution in [0.15, 0.2) is 68.5 Å². The molecule has 0 N–H and O–H groups in total. The van der Waals surface area contributed by atoms with Crippen LogP contribution < -0.4 is 24.8 Å². The van der Waals surface area contributed by atoms with Crippen LogP contribution >= 0.6 is 0 Å². The zero-order valence-corrected chi connectivity index (χ0v) is 16.5. The van der Waals surface area contributed by atoms with Crippen molar-refractivity contribution in [2.45, 2.75) is 25.2 Å². The Bertz CT molecular complexity index is 803. The number of hydrogen-bond donors (Lipinski definition) is 0. The predicted octanol–water partition coefficient (Wildman–Crippen LogP) is -0.898. The van der Waals surface area contributed by atoms with Crippen LogP contribution in [-0.4, -0.2) is 0 Å². The Morgan fingerprint density at radius 2 is 1.26 bits per heavy atom. The third kappa shape index (κ3) is 2.36. The molecule has 0 heterocycles. The van der Waals surface area contributed by atoms with Gasteiger partial charge >= 0.3 is 141 Å². The fourth-order valence-electron chi connectivity index (χ4n) is 4.27. The third-order valence-electron chi connectivity index (χ3n) is 5.29. The predicted molar refractivity (Wildman–Crippen MR) is 81.6 cm³/mol. The summed E-state index contributed by atoms with van der Waals surface area (Å²) in [6, 6.07) is 18.0. The van der Waals surface area contributed by atoms with E-state index < -0.39 is 0 Å². The summed E-state index contributed by atoms with van der Waals surface area (Å²) in [6.07, 6.45) is 3.87. The number of rotatable bonds is 1. The monoisotopic (exact) mass is 415 g/mol. The molecule has 0 bridgehead atoms. The number of fused-ring (bicyclic) bond motifs is 4. The zero-order valence-electron chi connectivity index (χ0n) is 12.6. The molecule has 0 atom stereocenters. The summed E-state index contributed by atoms with van der Waals surface area (Å²) < 4.78 is 1.71. The van der Waals surface area contributed by atoms with Gasteiger partial charge in [0, 0.05) is 0 Å². The molecule has 1 fully saturated rings. The Balaban J connectivity index is 0.000000781. The molecule has 113 valence electrons. The molecule has 0 aromatic heterocycles. The summed E-state index contributed by atoms with van der Waals surface area (Å²) in [5.41, 5.74) is 11.1. The van der Waals surface area contributed by atoms with Crippen molar-refractivity contribution in [3.05, 3.63) is 79.7 Å². The van der Waals surface area contributed by atoms with Crippen LogP contribution in [0.4, 0.5) is 0 Å². The van der Waals surface area contributed by atoms with E-state index in [2.05, 4.69) is 48.5 Å². The van der Waals surface area contributed by atoms with E-state index in [4.69, 9.17) is 0 Å². The second-order valence-corrected chi connectivity index (χ2v) is 7.73. The van der Waals surface area contributed by atoms with Crippen LogP contribution in [0.1, 0.15) is 36.3 Å². The number of halogens is 2. The second-order valence-electron chi connectivity index (χ2n) is 6.25. The molecule has 0 amide bonds. The van der Waals surface area contributed by atoms with E-state index in [9.17, 15) is 0 Å². The van der Waals surface area contributed by atoms with Gasteiger partial charge in [-0.25, -0.2) is 0 Å². The van der Waals surface area contributed by atoms with Gasteiger partial charge in [0.25, 0.3) is 0 Å². The Morgan fingerprint density at radius 3 is 1.74 bits per heavy atom.